The summed E-state index contributed by atoms with van der Waals surface area (Å²) in [5.41, 5.74) is 0.847. The molecule has 0 aliphatic heterocycles. The van der Waals surface area contributed by atoms with Crippen molar-refractivity contribution >= 4 is 17.2 Å². The van der Waals surface area contributed by atoms with Crippen LogP contribution in [0.1, 0.15) is 34.9 Å². The molecule has 2 aromatic rings. The van der Waals surface area contributed by atoms with Gasteiger partial charge in [0.25, 0.3) is 5.91 Å². The molecule has 106 valence electrons. The predicted molar refractivity (Wildman–Crippen MR) is 80.3 cm³/mol. The van der Waals surface area contributed by atoms with E-state index in [1.54, 1.807) is 12.5 Å². The van der Waals surface area contributed by atoms with Gasteiger partial charge in [-0.05, 0) is 26.8 Å². The van der Waals surface area contributed by atoms with Crippen LogP contribution in [0.2, 0.25) is 0 Å². The molecule has 2 rings (SSSR count). The zero-order chi connectivity index (χ0) is 14.8. The first kappa shape index (κ1) is 14.5. The number of hydrogen-bond acceptors (Lipinski definition) is 4. The number of carbonyl (C=O) groups excluding carboxylic acids is 1. The van der Waals surface area contributed by atoms with Crippen molar-refractivity contribution in [2.24, 2.45) is 0 Å². The van der Waals surface area contributed by atoms with Crippen molar-refractivity contribution in [1.82, 2.24) is 10.3 Å². The summed E-state index contributed by atoms with van der Waals surface area (Å²) in [6.45, 7) is 5.77. The van der Waals surface area contributed by atoms with Crippen LogP contribution in [0.15, 0.2) is 29.6 Å². The molecule has 0 atom stereocenters. The van der Waals surface area contributed by atoms with Gasteiger partial charge in [0.1, 0.15) is 11.4 Å². The molecule has 1 heterocycles. The lowest BCUT2D eigenvalue weighted by molar-refractivity contribution is 0.0906. The number of carbonyl (C=O) groups is 1. The van der Waals surface area contributed by atoms with E-state index in [9.17, 15) is 4.79 Å². The van der Waals surface area contributed by atoms with Crippen molar-refractivity contribution in [3.8, 4) is 5.75 Å². The molecule has 0 fully saturated rings. The van der Waals surface area contributed by atoms with Crippen LogP contribution in [0, 0.1) is 6.92 Å². The molecule has 20 heavy (non-hydrogen) atoms. The second-order valence-electron chi connectivity index (χ2n) is 5.03. The molecule has 1 aromatic heterocycles. The molecular formula is C15H18N2O2S. The van der Waals surface area contributed by atoms with E-state index in [2.05, 4.69) is 10.3 Å². The van der Waals surface area contributed by atoms with Crippen molar-refractivity contribution in [3.05, 3.63) is 45.9 Å². The van der Waals surface area contributed by atoms with Gasteiger partial charge in [0.2, 0.25) is 0 Å². The predicted octanol–water partition coefficient (Wildman–Crippen LogP) is 3.13. The summed E-state index contributed by atoms with van der Waals surface area (Å²) < 4.78 is 5.36. The fourth-order valence-electron chi connectivity index (χ4n) is 2.04. The number of thiazole rings is 1. The smallest absolute Gasteiger partial charge is 0.271 e. The van der Waals surface area contributed by atoms with Crippen LogP contribution >= 0.6 is 11.3 Å². The van der Waals surface area contributed by atoms with Gasteiger partial charge in [-0.15, -0.1) is 11.3 Å². The second-order valence-corrected chi connectivity index (χ2v) is 6.09. The van der Waals surface area contributed by atoms with Crippen LogP contribution < -0.4 is 10.1 Å². The number of aryl methyl sites for hydroxylation is 1. The van der Waals surface area contributed by atoms with Gasteiger partial charge >= 0.3 is 0 Å². The number of ether oxygens (including phenoxy) is 1. The number of hydrogen-bond donors (Lipinski definition) is 1. The number of nitrogens with one attached hydrogen (secondary N) is 1. The highest BCUT2D eigenvalue weighted by molar-refractivity contribution is 7.09. The number of para-hydroxylation sites is 1. The maximum absolute atomic E-state index is 12.2. The van der Waals surface area contributed by atoms with Crippen LogP contribution in [0.5, 0.6) is 5.75 Å². The minimum atomic E-state index is -0.540. The van der Waals surface area contributed by atoms with Crippen molar-refractivity contribution < 1.29 is 9.53 Å². The van der Waals surface area contributed by atoms with Crippen LogP contribution in [0.25, 0.3) is 0 Å². The van der Waals surface area contributed by atoms with Crippen LogP contribution in [0.4, 0.5) is 0 Å². The molecule has 0 saturated heterocycles. The highest BCUT2D eigenvalue weighted by Crippen LogP contribution is 2.29. The number of benzene rings is 1. The highest BCUT2D eigenvalue weighted by atomic mass is 32.1. The summed E-state index contributed by atoms with van der Waals surface area (Å²) >= 11 is 1.47. The fraction of sp³-hybridized carbons (Fsp3) is 0.333. The first-order valence-corrected chi connectivity index (χ1v) is 7.20. The van der Waals surface area contributed by atoms with E-state index in [0.29, 0.717) is 5.69 Å². The average molecular weight is 290 g/mol. The third-order valence-electron chi connectivity index (χ3n) is 3.06. The van der Waals surface area contributed by atoms with Crippen molar-refractivity contribution in [3.63, 3.8) is 0 Å². The second kappa shape index (κ2) is 5.63. The minimum Gasteiger partial charge on any atom is -0.496 e. The maximum Gasteiger partial charge on any atom is 0.271 e. The number of methoxy groups -OCH3 is 1. The SMILES string of the molecule is COc1ccccc1C(C)(C)NC(=O)c1csc(C)n1. The third kappa shape index (κ3) is 2.99. The Balaban J connectivity index is 2.24. The van der Waals surface area contributed by atoms with E-state index in [-0.39, 0.29) is 5.91 Å². The first-order chi connectivity index (χ1) is 9.44. The topological polar surface area (TPSA) is 51.2 Å². The summed E-state index contributed by atoms with van der Waals surface area (Å²) in [7, 11) is 1.63. The van der Waals surface area contributed by atoms with E-state index in [4.69, 9.17) is 4.74 Å². The summed E-state index contributed by atoms with van der Waals surface area (Å²) in [6, 6.07) is 7.67. The first-order valence-electron chi connectivity index (χ1n) is 6.32. The van der Waals surface area contributed by atoms with Gasteiger partial charge < -0.3 is 10.1 Å². The number of rotatable bonds is 4. The Labute approximate surface area is 122 Å². The van der Waals surface area contributed by atoms with Crippen molar-refractivity contribution in [2.75, 3.05) is 7.11 Å². The highest BCUT2D eigenvalue weighted by Gasteiger charge is 2.27. The Morgan fingerprint density at radius 2 is 2.05 bits per heavy atom. The van der Waals surface area contributed by atoms with E-state index in [0.717, 1.165) is 16.3 Å². The largest absolute Gasteiger partial charge is 0.496 e. The Morgan fingerprint density at radius 1 is 1.35 bits per heavy atom. The lowest BCUT2D eigenvalue weighted by Crippen LogP contribution is -2.41. The average Bonchev–Trinajstić information content (AvgIpc) is 2.85. The monoisotopic (exact) mass is 290 g/mol. The van der Waals surface area contributed by atoms with Gasteiger partial charge in [-0.2, -0.15) is 0 Å². The number of aromatic nitrogens is 1. The van der Waals surface area contributed by atoms with Crippen LogP contribution in [-0.4, -0.2) is 18.0 Å². The number of amides is 1. The van der Waals surface area contributed by atoms with E-state index < -0.39 is 5.54 Å². The Kier molecular flexibility index (Phi) is 4.09. The van der Waals surface area contributed by atoms with E-state index in [1.165, 1.54) is 11.3 Å². The summed E-state index contributed by atoms with van der Waals surface area (Å²) in [6.07, 6.45) is 0. The van der Waals surface area contributed by atoms with Gasteiger partial charge in [0, 0.05) is 10.9 Å². The Morgan fingerprint density at radius 3 is 2.65 bits per heavy atom. The lowest BCUT2D eigenvalue weighted by atomic mass is 9.93. The maximum atomic E-state index is 12.2. The third-order valence-corrected chi connectivity index (χ3v) is 3.83. The molecule has 1 amide bonds. The molecule has 0 spiro atoms. The summed E-state index contributed by atoms with van der Waals surface area (Å²) in [5, 5.41) is 5.65. The van der Waals surface area contributed by atoms with Crippen molar-refractivity contribution in [2.45, 2.75) is 26.3 Å². The van der Waals surface area contributed by atoms with Crippen LogP contribution in [-0.2, 0) is 5.54 Å². The molecule has 1 N–H and O–H groups in total. The van der Waals surface area contributed by atoms with Crippen LogP contribution in [0.3, 0.4) is 0 Å². The standard InChI is InChI=1S/C15H18N2O2S/c1-10-16-12(9-20-10)14(18)17-15(2,3)11-7-5-6-8-13(11)19-4/h5-9H,1-4H3,(H,17,18). The molecule has 1 aromatic carbocycles. The fourth-order valence-corrected chi connectivity index (χ4v) is 2.64. The summed E-state index contributed by atoms with van der Waals surface area (Å²) in [5.74, 6) is 0.581. The normalized spacial score (nSPS) is 11.2. The molecule has 0 aliphatic rings. The van der Waals surface area contributed by atoms with Gasteiger partial charge in [0.05, 0.1) is 17.7 Å². The minimum absolute atomic E-state index is 0.176. The lowest BCUT2D eigenvalue weighted by Gasteiger charge is -2.28. The zero-order valence-corrected chi connectivity index (χ0v) is 12.9. The molecule has 0 radical (unpaired) electrons. The van der Waals surface area contributed by atoms with Gasteiger partial charge in [0.15, 0.2) is 0 Å². The van der Waals surface area contributed by atoms with E-state index in [1.807, 2.05) is 45.0 Å². The molecule has 0 unspecified atom stereocenters. The quantitative estimate of drug-likeness (QED) is 0.941. The number of nitrogens with zero attached hydrogens (tertiary/aromatic N) is 1. The summed E-state index contributed by atoms with van der Waals surface area (Å²) in [4.78, 5) is 16.4. The van der Waals surface area contributed by atoms with Gasteiger partial charge in [-0.25, -0.2) is 4.98 Å². The molecular weight excluding hydrogens is 272 g/mol. The molecule has 4 nitrogen and oxygen atoms in total. The van der Waals surface area contributed by atoms with E-state index >= 15 is 0 Å². The Hall–Kier alpha value is -1.88. The molecule has 5 heteroatoms. The molecule has 0 aliphatic carbocycles. The molecule has 0 bridgehead atoms. The van der Waals surface area contributed by atoms with Gasteiger partial charge in [-0.3, -0.25) is 4.79 Å². The van der Waals surface area contributed by atoms with Crippen molar-refractivity contribution in [1.29, 1.82) is 0 Å². The zero-order valence-electron chi connectivity index (χ0n) is 12.1. The molecule has 0 saturated carbocycles. The van der Waals surface area contributed by atoms with Gasteiger partial charge in [-0.1, -0.05) is 18.2 Å². The Bertz CT molecular complexity index is 620.